The third-order valence-corrected chi connectivity index (χ3v) is 3.68. The Balaban J connectivity index is 1.73. The first-order valence-corrected chi connectivity index (χ1v) is 6.82. The fourth-order valence-corrected chi connectivity index (χ4v) is 2.70. The molecule has 106 valence electrons. The molecule has 0 bridgehead atoms. The van der Waals surface area contributed by atoms with Gasteiger partial charge in [0.15, 0.2) is 0 Å². The van der Waals surface area contributed by atoms with Crippen LogP contribution in [0.1, 0.15) is 11.1 Å². The lowest BCUT2D eigenvalue weighted by molar-refractivity contribution is 0.239. The van der Waals surface area contributed by atoms with Gasteiger partial charge in [-0.15, -0.1) is 0 Å². The Morgan fingerprint density at radius 1 is 1.33 bits per heavy atom. The highest BCUT2D eigenvalue weighted by atomic mass is 19.1. The molecule has 0 saturated carbocycles. The molecular formula is C17H15FN2O. The molecule has 1 aliphatic heterocycles. The van der Waals surface area contributed by atoms with E-state index >= 15 is 0 Å². The first-order valence-electron chi connectivity index (χ1n) is 6.82. The first kappa shape index (κ1) is 13.4. The third-order valence-electron chi connectivity index (χ3n) is 3.68. The molecule has 0 aromatic heterocycles. The number of hydrogen-bond donors (Lipinski definition) is 0. The van der Waals surface area contributed by atoms with Crippen LogP contribution in [-0.4, -0.2) is 19.7 Å². The zero-order valence-corrected chi connectivity index (χ0v) is 11.7. The molecule has 2 aromatic rings. The number of nitrogens with zero attached hydrogens (tertiary/aromatic N) is 2. The van der Waals surface area contributed by atoms with Gasteiger partial charge in [-0.2, -0.15) is 5.26 Å². The lowest BCUT2D eigenvalue weighted by atomic mass is 10.1. The summed E-state index contributed by atoms with van der Waals surface area (Å²) in [7, 11) is 1.93. The zero-order valence-electron chi connectivity index (χ0n) is 11.7. The van der Waals surface area contributed by atoms with Gasteiger partial charge in [-0.3, -0.25) is 0 Å². The number of rotatable bonds is 3. The van der Waals surface area contributed by atoms with Crippen molar-refractivity contribution in [2.75, 3.05) is 18.5 Å². The fourth-order valence-electron chi connectivity index (χ4n) is 2.70. The monoisotopic (exact) mass is 282 g/mol. The maximum Gasteiger partial charge on any atom is 0.123 e. The Labute approximate surface area is 123 Å². The lowest BCUT2D eigenvalue weighted by Crippen LogP contribution is -2.32. The minimum Gasteiger partial charge on any atom is -0.488 e. The summed E-state index contributed by atoms with van der Waals surface area (Å²) in [5.41, 5.74) is 2.43. The van der Waals surface area contributed by atoms with Crippen LogP contribution in [0.3, 0.4) is 0 Å². The second kappa shape index (κ2) is 5.45. The maximum atomic E-state index is 13.2. The van der Waals surface area contributed by atoms with Crippen LogP contribution in [0, 0.1) is 17.1 Å². The highest BCUT2D eigenvalue weighted by Gasteiger charge is 2.25. The molecule has 2 aromatic carbocycles. The van der Waals surface area contributed by atoms with E-state index in [0.29, 0.717) is 18.5 Å². The van der Waals surface area contributed by atoms with E-state index in [1.807, 2.05) is 30.1 Å². The van der Waals surface area contributed by atoms with Crippen LogP contribution in [0.4, 0.5) is 10.1 Å². The molecule has 1 atom stereocenters. The van der Waals surface area contributed by atoms with Gasteiger partial charge in [-0.05, 0) is 30.3 Å². The normalized spacial score (nSPS) is 16.0. The van der Waals surface area contributed by atoms with Gasteiger partial charge in [0.2, 0.25) is 0 Å². The molecule has 3 nitrogen and oxygen atoms in total. The second-order valence-electron chi connectivity index (χ2n) is 5.21. The van der Waals surface area contributed by atoms with Gasteiger partial charge in [-0.1, -0.05) is 12.1 Å². The number of ether oxygens (including phenoxy) is 1. The molecule has 1 aliphatic rings. The van der Waals surface area contributed by atoms with Crippen molar-refractivity contribution in [1.29, 1.82) is 5.26 Å². The van der Waals surface area contributed by atoms with Crippen molar-refractivity contribution in [3.8, 4) is 11.8 Å². The van der Waals surface area contributed by atoms with Crippen LogP contribution < -0.4 is 9.64 Å². The summed E-state index contributed by atoms with van der Waals surface area (Å²) < 4.78 is 19.0. The van der Waals surface area contributed by atoms with E-state index in [4.69, 9.17) is 10.00 Å². The van der Waals surface area contributed by atoms with Crippen LogP contribution in [0.25, 0.3) is 0 Å². The predicted octanol–water partition coefficient (Wildman–Crippen LogP) is 3.14. The van der Waals surface area contributed by atoms with Crippen molar-refractivity contribution in [3.05, 3.63) is 59.4 Å². The molecule has 0 aliphatic carbocycles. The highest BCUT2D eigenvalue weighted by molar-refractivity contribution is 5.58. The van der Waals surface area contributed by atoms with Crippen molar-refractivity contribution in [1.82, 2.24) is 0 Å². The first-order chi connectivity index (χ1) is 10.2. The van der Waals surface area contributed by atoms with Crippen molar-refractivity contribution < 1.29 is 9.13 Å². The van der Waals surface area contributed by atoms with Crippen LogP contribution in [-0.2, 0) is 6.42 Å². The van der Waals surface area contributed by atoms with Gasteiger partial charge >= 0.3 is 0 Å². The van der Waals surface area contributed by atoms with E-state index in [-0.39, 0.29) is 11.9 Å². The molecule has 1 heterocycles. The van der Waals surface area contributed by atoms with Gasteiger partial charge in [0.25, 0.3) is 0 Å². The van der Waals surface area contributed by atoms with Crippen molar-refractivity contribution in [2.24, 2.45) is 0 Å². The van der Waals surface area contributed by atoms with Crippen LogP contribution in [0.2, 0.25) is 0 Å². The maximum absolute atomic E-state index is 13.2. The minimum atomic E-state index is -0.235. The van der Waals surface area contributed by atoms with Crippen LogP contribution >= 0.6 is 0 Å². The van der Waals surface area contributed by atoms with Crippen LogP contribution in [0.5, 0.6) is 5.75 Å². The summed E-state index contributed by atoms with van der Waals surface area (Å²) in [6.07, 6.45) is 0.658. The number of likely N-dealkylation sites (N-methyl/N-ethyl adjacent to an activating group) is 1. The summed E-state index contributed by atoms with van der Waals surface area (Å²) in [5.74, 6) is 0.518. The molecule has 1 unspecified atom stereocenters. The Morgan fingerprint density at radius 2 is 2.14 bits per heavy atom. The SMILES string of the molecule is CN(CC1Cc2cc(F)ccc2O1)c1ccccc1C#N. The molecule has 0 radical (unpaired) electrons. The van der Waals surface area contributed by atoms with Crippen molar-refractivity contribution >= 4 is 5.69 Å². The van der Waals surface area contributed by atoms with Crippen molar-refractivity contribution in [3.63, 3.8) is 0 Å². The Bertz CT molecular complexity index is 708. The second-order valence-corrected chi connectivity index (χ2v) is 5.21. The van der Waals surface area contributed by atoms with E-state index in [1.165, 1.54) is 12.1 Å². The largest absolute Gasteiger partial charge is 0.488 e. The average Bonchev–Trinajstić information content (AvgIpc) is 2.88. The summed E-state index contributed by atoms with van der Waals surface area (Å²) in [6.45, 7) is 0.648. The minimum absolute atomic E-state index is 0.0291. The number of anilines is 1. The molecule has 21 heavy (non-hydrogen) atoms. The quantitative estimate of drug-likeness (QED) is 0.867. The Kier molecular flexibility index (Phi) is 3.49. The van der Waals surface area contributed by atoms with Crippen molar-refractivity contribution in [2.45, 2.75) is 12.5 Å². The number of halogens is 1. The van der Waals surface area contributed by atoms with Gasteiger partial charge in [0, 0.05) is 19.0 Å². The van der Waals surface area contributed by atoms with E-state index in [0.717, 1.165) is 17.0 Å². The molecule has 0 saturated heterocycles. The number of nitriles is 1. The summed E-state index contributed by atoms with van der Waals surface area (Å²) in [4.78, 5) is 2.01. The topological polar surface area (TPSA) is 36.3 Å². The number of para-hydroxylation sites is 1. The number of benzene rings is 2. The third kappa shape index (κ3) is 2.68. The molecular weight excluding hydrogens is 267 g/mol. The Morgan fingerprint density at radius 3 is 2.95 bits per heavy atom. The van der Waals surface area contributed by atoms with Crippen LogP contribution in [0.15, 0.2) is 42.5 Å². The molecule has 0 N–H and O–H groups in total. The summed E-state index contributed by atoms with van der Waals surface area (Å²) in [6, 6.07) is 14.3. The molecule has 0 fully saturated rings. The summed E-state index contributed by atoms with van der Waals surface area (Å²) >= 11 is 0. The number of hydrogen-bond acceptors (Lipinski definition) is 3. The summed E-state index contributed by atoms with van der Waals surface area (Å²) in [5, 5.41) is 9.15. The zero-order chi connectivity index (χ0) is 14.8. The average molecular weight is 282 g/mol. The Hall–Kier alpha value is -2.54. The number of fused-ring (bicyclic) bond motifs is 1. The van der Waals surface area contributed by atoms with E-state index in [2.05, 4.69) is 6.07 Å². The standard InChI is InChI=1S/C17H15FN2O/c1-20(16-5-3-2-4-12(16)10-19)11-15-9-13-8-14(18)6-7-17(13)21-15/h2-8,15H,9,11H2,1H3. The molecule has 4 heteroatoms. The smallest absolute Gasteiger partial charge is 0.123 e. The van der Waals surface area contributed by atoms with Gasteiger partial charge in [0.1, 0.15) is 23.7 Å². The lowest BCUT2D eigenvalue weighted by Gasteiger charge is -2.23. The van der Waals surface area contributed by atoms with E-state index in [1.54, 1.807) is 12.1 Å². The fraction of sp³-hybridized carbons (Fsp3) is 0.235. The van der Waals surface area contributed by atoms with E-state index < -0.39 is 0 Å². The molecule has 0 amide bonds. The van der Waals surface area contributed by atoms with Gasteiger partial charge in [-0.25, -0.2) is 4.39 Å². The van der Waals surface area contributed by atoms with E-state index in [9.17, 15) is 4.39 Å². The molecule has 3 rings (SSSR count). The predicted molar refractivity (Wildman–Crippen MR) is 78.9 cm³/mol. The molecule has 0 spiro atoms. The van der Waals surface area contributed by atoms with Gasteiger partial charge in [0.05, 0.1) is 17.8 Å². The van der Waals surface area contributed by atoms with Gasteiger partial charge < -0.3 is 9.64 Å². The highest BCUT2D eigenvalue weighted by Crippen LogP contribution is 2.30.